The Morgan fingerprint density at radius 3 is 2.55 bits per heavy atom. The van der Waals surface area contributed by atoms with Crippen LogP contribution < -0.4 is 5.32 Å². The van der Waals surface area contributed by atoms with Crippen LogP contribution >= 0.6 is 11.6 Å². The number of nitro groups is 1. The Bertz CT molecular complexity index is 602. The van der Waals surface area contributed by atoms with Gasteiger partial charge in [0.05, 0.1) is 11.0 Å². The van der Waals surface area contributed by atoms with E-state index in [1.807, 2.05) is 37.3 Å². The standard InChI is InChI=1S/C15H15ClN2O2/c1-2-13(11-6-4-3-5-7-11)17-14-10-12(16)8-9-15(14)18(19)20/h3-10,13,17H,2H2,1H3. The summed E-state index contributed by atoms with van der Waals surface area (Å²) >= 11 is 5.93. The van der Waals surface area contributed by atoms with Crippen LogP contribution in [0.15, 0.2) is 48.5 Å². The highest BCUT2D eigenvalue weighted by Crippen LogP contribution is 2.31. The van der Waals surface area contributed by atoms with Crippen molar-refractivity contribution in [1.82, 2.24) is 0 Å². The molecule has 0 aromatic heterocycles. The van der Waals surface area contributed by atoms with Crippen molar-refractivity contribution < 1.29 is 4.92 Å². The van der Waals surface area contributed by atoms with Gasteiger partial charge in [0.2, 0.25) is 0 Å². The predicted octanol–water partition coefficient (Wildman–Crippen LogP) is 4.81. The second-order valence-electron chi connectivity index (χ2n) is 4.43. The molecule has 0 aliphatic carbocycles. The van der Waals surface area contributed by atoms with Crippen LogP contribution in [0.1, 0.15) is 24.9 Å². The van der Waals surface area contributed by atoms with Crippen molar-refractivity contribution in [1.29, 1.82) is 0 Å². The van der Waals surface area contributed by atoms with Crippen LogP contribution in [0.25, 0.3) is 0 Å². The highest BCUT2D eigenvalue weighted by molar-refractivity contribution is 6.31. The van der Waals surface area contributed by atoms with Gasteiger partial charge in [-0.15, -0.1) is 0 Å². The van der Waals surface area contributed by atoms with Crippen molar-refractivity contribution in [3.63, 3.8) is 0 Å². The van der Waals surface area contributed by atoms with E-state index in [2.05, 4.69) is 5.32 Å². The molecule has 104 valence electrons. The van der Waals surface area contributed by atoms with E-state index in [0.717, 1.165) is 12.0 Å². The summed E-state index contributed by atoms with van der Waals surface area (Å²) in [7, 11) is 0. The van der Waals surface area contributed by atoms with Gasteiger partial charge in [0.25, 0.3) is 5.69 Å². The fourth-order valence-electron chi connectivity index (χ4n) is 2.08. The maximum Gasteiger partial charge on any atom is 0.292 e. The van der Waals surface area contributed by atoms with E-state index >= 15 is 0 Å². The first-order valence-corrected chi connectivity index (χ1v) is 6.75. The summed E-state index contributed by atoms with van der Waals surface area (Å²) in [5, 5.41) is 14.7. The second kappa shape index (κ2) is 6.39. The van der Waals surface area contributed by atoms with Crippen LogP contribution in [0.5, 0.6) is 0 Å². The van der Waals surface area contributed by atoms with Gasteiger partial charge < -0.3 is 5.32 Å². The van der Waals surface area contributed by atoms with E-state index in [-0.39, 0.29) is 11.7 Å². The van der Waals surface area contributed by atoms with Crippen molar-refractivity contribution in [3.8, 4) is 0 Å². The van der Waals surface area contributed by atoms with Crippen LogP contribution in [-0.4, -0.2) is 4.92 Å². The third-order valence-corrected chi connectivity index (χ3v) is 3.33. The van der Waals surface area contributed by atoms with Gasteiger partial charge in [-0.25, -0.2) is 0 Å². The zero-order chi connectivity index (χ0) is 14.5. The third kappa shape index (κ3) is 3.27. The van der Waals surface area contributed by atoms with Gasteiger partial charge in [-0.05, 0) is 24.1 Å². The number of nitrogens with zero attached hydrogens (tertiary/aromatic N) is 1. The van der Waals surface area contributed by atoms with Crippen molar-refractivity contribution >= 4 is 23.0 Å². The number of nitrogens with one attached hydrogen (secondary N) is 1. The minimum Gasteiger partial charge on any atom is -0.373 e. The normalized spacial score (nSPS) is 11.9. The molecule has 0 saturated heterocycles. The summed E-state index contributed by atoms with van der Waals surface area (Å²) in [4.78, 5) is 10.7. The highest BCUT2D eigenvalue weighted by atomic mass is 35.5. The predicted molar refractivity (Wildman–Crippen MR) is 81.2 cm³/mol. The molecule has 2 rings (SSSR count). The van der Waals surface area contributed by atoms with Crippen molar-refractivity contribution in [3.05, 3.63) is 69.2 Å². The molecule has 0 bridgehead atoms. The molecule has 0 spiro atoms. The fourth-order valence-corrected chi connectivity index (χ4v) is 2.25. The monoisotopic (exact) mass is 290 g/mol. The Morgan fingerprint density at radius 1 is 1.25 bits per heavy atom. The molecule has 5 heteroatoms. The molecule has 1 unspecified atom stereocenters. The first kappa shape index (κ1) is 14.3. The molecule has 0 saturated carbocycles. The largest absolute Gasteiger partial charge is 0.373 e. The molecule has 0 aliphatic heterocycles. The number of rotatable bonds is 5. The molecule has 2 aromatic carbocycles. The zero-order valence-electron chi connectivity index (χ0n) is 11.0. The lowest BCUT2D eigenvalue weighted by Gasteiger charge is -2.18. The van der Waals surface area contributed by atoms with E-state index in [1.54, 1.807) is 6.07 Å². The number of hydrogen-bond acceptors (Lipinski definition) is 3. The van der Waals surface area contributed by atoms with E-state index in [4.69, 9.17) is 11.6 Å². The Hall–Kier alpha value is -2.07. The van der Waals surface area contributed by atoms with Crippen LogP contribution in [-0.2, 0) is 0 Å². The van der Waals surface area contributed by atoms with Gasteiger partial charge in [0.15, 0.2) is 0 Å². The average Bonchev–Trinajstić information content (AvgIpc) is 2.45. The molecule has 2 aromatic rings. The smallest absolute Gasteiger partial charge is 0.292 e. The summed E-state index contributed by atoms with van der Waals surface area (Å²) in [6, 6.07) is 14.4. The summed E-state index contributed by atoms with van der Waals surface area (Å²) in [5.41, 5.74) is 1.56. The Kier molecular flexibility index (Phi) is 4.58. The van der Waals surface area contributed by atoms with Crippen molar-refractivity contribution in [2.24, 2.45) is 0 Å². The van der Waals surface area contributed by atoms with E-state index in [1.165, 1.54) is 12.1 Å². The zero-order valence-corrected chi connectivity index (χ0v) is 11.8. The minimum atomic E-state index is -0.406. The molecule has 20 heavy (non-hydrogen) atoms. The molecule has 0 radical (unpaired) electrons. The lowest BCUT2D eigenvalue weighted by atomic mass is 10.0. The number of halogens is 1. The molecule has 0 amide bonds. The Labute approximate surface area is 122 Å². The summed E-state index contributed by atoms with van der Waals surface area (Å²) in [6.45, 7) is 2.03. The molecule has 0 fully saturated rings. The number of hydrogen-bond donors (Lipinski definition) is 1. The quantitative estimate of drug-likeness (QED) is 0.635. The highest BCUT2D eigenvalue weighted by Gasteiger charge is 2.17. The maximum atomic E-state index is 11.1. The van der Waals surface area contributed by atoms with Gasteiger partial charge in [0, 0.05) is 11.1 Å². The summed E-state index contributed by atoms with van der Waals surface area (Å²) < 4.78 is 0. The Morgan fingerprint density at radius 2 is 1.95 bits per heavy atom. The van der Waals surface area contributed by atoms with E-state index in [9.17, 15) is 10.1 Å². The maximum absolute atomic E-state index is 11.1. The molecular weight excluding hydrogens is 276 g/mol. The van der Waals surface area contributed by atoms with Crippen LogP contribution in [0.3, 0.4) is 0 Å². The molecular formula is C15H15ClN2O2. The number of nitro benzene ring substituents is 1. The lowest BCUT2D eigenvalue weighted by Crippen LogP contribution is -2.10. The minimum absolute atomic E-state index is 0.00775. The van der Waals surface area contributed by atoms with Crippen LogP contribution in [0.4, 0.5) is 11.4 Å². The summed E-state index contributed by atoms with van der Waals surface area (Å²) in [5.74, 6) is 0. The van der Waals surface area contributed by atoms with Gasteiger partial charge in [0.1, 0.15) is 5.69 Å². The van der Waals surface area contributed by atoms with Gasteiger partial charge in [-0.3, -0.25) is 10.1 Å². The van der Waals surface area contributed by atoms with Gasteiger partial charge >= 0.3 is 0 Å². The Balaban J connectivity index is 2.32. The molecule has 1 N–H and O–H groups in total. The van der Waals surface area contributed by atoms with Crippen LogP contribution in [0, 0.1) is 10.1 Å². The van der Waals surface area contributed by atoms with E-state index in [0.29, 0.717) is 10.7 Å². The first-order chi connectivity index (χ1) is 9.61. The molecule has 4 nitrogen and oxygen atoms in total. The average molecular weight is 291 g/mol. The van der Waals surface area contributed by atoms with Gasteiger partial charge in [-0.1, -0.05) is 48.9 Å². The molecule has 0 heterocycles. The van der Waals surface area contributed by atoms with Crippen molar-refractivity contribution in [2.45, 2.75) is 19.4 Å². The lowest BCUT2D eigenvalue weighted by molar-refractivity contribution is -0.384. The summed E-state index contributed by atoms with van der Waals surface area (Å²) in [6.07, 6.45) is 0.813. The SMILES string of the molecule is CCC(Nc1cc(Cl)ccc1[N+](=O)[O-])c1ccccc1. The molecule has 1 atom stereocenters. The number of benzene rings is 2. The topological polar surface area (TPSA) is 55.2 Å². The van der Waals surface area contributed by atoms with Crippen molar-refractivity contribution in [2.75, 3.05) is 5.32 Å². The van der Waals surface area contributed by atoms with E-state index < -0.39 is 4.92 Å². The number of anilines is 1. The van der Waals surface area contributed by atoms with Gasteiger partial charge in [-0.2, -0.15) is 0 Å². The van der Waals surface area contributed by atoms with Crippen LogP contribution in [0.2, 0.25) is 5.02 Å². The first-order valence-electron chi connectivity index (χ1n) is 6.37. The second-order valence-corrected chi connectivity index (χ2v) is 4.87. The molecule has 0 aliphatic rings. The fraction of sp³-hybridized carbons (Fsp3) is 0.200. The third-order valence-electron chi connectivity index (χ3n) is 3.10.